The number of aromatic nitrogens is 1. The standard InChI is InChI=1S/C13H21N3OSi.3W/c1-18(2,3)10-9-17-11-16-8-7-14-12-5-4-6-15-13(12)16;;;/h5-6H,7-11H2,1-3H3;;;/q-2;;;. The molecule has 0 aliphatic carbocycles. The molecule has 0 saturated heterocycles. The Bertz CT molecular complexity index is 404. The van der Waals surface area contributed by atoms with E-state index in [1.807, 2.05) is 6.07 Å². The van der Waals surface area contributed by atoms with Crippen LogP contribution >= 0.6 is 0 Å². The van der Waals surface area contributed by atoms with E-state index in [1.165, 1.54) is 6.04 Å². The third kappa shape index (κ3) is 8.42. The quantitative estimate of drug-likeness (QED) is 0.261. The van der Waals surface area contributed by atoms with Gasteiger partial charge in [0.2, 0.25) is 0 Å². The van der Waals surface area contributed by atoms with Crippen molar-refractivity contribution >= 4 is 19.6 Å². The van der Waals surface area contributed by atoms with Crippen molar-refractivity contribution in [3.05, 3.63) is 23.6 Å². The molecule has 0 bridgehead atoms. The third-order valence-electron chi connectivity index (χ3n) is 2.91. The monoisotopic (exact) mass is 815 g/mol. The van der Waals surface area contributed by atoms with Gasteiger partial charge in [0, 0.05) is 90.2 Å². The molecule has 0 saturated carbocycles. The summed E-state index contributed by atoms with van der Waals surface area (Å²) >= 11 is 0. The van der Waals surface area contributed by atoms with Crippen molar-refractivity contribution in [3.8, 4) is 0 Å². The average Bonchev–Trinajstić information content (AvgIpc) is 2.33. The third-order valence-corrected chi connectivity index (χ3v) is 4.61. The Morgan fingerprint density at radius 3 is 2.71 bits per heavy atom. The van der Waals surface area contributed by atoms with Gasteiger partial charge in [0.15, 0.2) is 0 Å². The molecular formula is C13H21N3OSiW3-2. The van der Waals surface area contributed by atoms with E-state index in [-0.39, 0.29) is 63.2 Å². The smallest absolute Gasteiger partial charge is 0.118 e. The van der Waals surface area contributed by atoms with Gasteiger partial charge in [-0.25, -0.2) is 12.1 Å². The molecule has 0 fully saturated rings. The van der Waals surface area contributed by atoms with E-state index in [2.05, 4.69) is 40.9 Å². The second-order valence-corrected chi connectivity index (χ2v) is 11.4. The Kier molecular flexibility index (Phi) is 13.3. The molecule has 1 aliphatic heterocycles. The number of ether oxygens (including phenoxy) is 1. The van der Waals surface area contributed by atoms with Crippen LogP contribution in [-0.2, 0) is 67.9 Å². The fraction of sp³-hybridized carbons (Fsp3) is 0.615. The van der Waals surface area contributed by atoms with E-state index >= 15 is 0 Å². The van der Waals surface area contributed by atoms with Gasteiger partial charge in [-0.05, 0) is 6.04 Å². The molecule has 0 unspecified atom stereocenters. The van der Waals surface area contributed by atoms with E-state index in [9.17, 15) is 0 Å². The van der Waals surface area contributed by atoms with Crippen LogP contribution in [0.4, 0.5) is 11.5 Å². The minimum atomic E-state index is -0.998. The maximum Gasteiger partial charge on any atom is 0.118 e. The predicted octanol–water partition coefficient (Wildman–Crippen LogP) is 3.01. The Labute approximate surface area is 172 Å². The summed E-state index contributed by atoms with van der Waals surface area (Å²) in [5, 5.41) is 4.43. The topological polar surface area (TPSA) is 39.5 Å². The van der Waals surface area contributed by atoms with Gasteiger partial charge in [-0.1, -0.05) is 25.8 Å². The fourth-order valence-corrected chi connectivity index (χ4v) is 2.54. The zero-order chi connectivity index (χ0) is 13.0. The summed E-state index contributed by atoms with van der Waals surface area (Å²) in [4.78, 5) is 6.49. The van der Waals surface area contributed by atoms with Gasteiger partial charge < -0.3 is 15.0 Å². The fourth-order valence-electron chi connectivity index (χ4n) is 1.78. The van der Waals surface area contributed by atoms with Crippen molar-refractivity contribution in [1.82, 2.24) is 4.98 Å². The van der Waals surface area contributed by atoms with Crippen LogP contribution in [0.1, 0.15) is 0 Å². The van der Waals surface area contributed by atoms with Crippen LogP contribution in [0.5, 0.6) is 0 Å². The SMILES string of the molecule is C[Si](C)(C)CCOCN1CC[N-]c2c[c-]cnc21.[W].[W].[W]. The van der Waals surface area contributed by atoms with E-state index < -0.39 is 8.07 Å². The predicted molar refractivity (Wildman–Crippen MR) is 77.3 cm³/mol. The van der Waals surface area contributed by atoms with Crippen LogP contribution in [0.2, 0.25) is 25.7 Å². The first-order valence-corrected chi connectivity index (χ1v) is 10.1. The van der Waals surface area contributed by atoms with Crippen molar-refractivity contribution in [3.63, 3.8) is 0 Å². The van der Waals surface area contributed by atoms with Crippen LogP contribution in [0.3, 0.4) is 0 Å². The van der Waals surface area contributed by atoms with Crippen LogP contribution in [0.25, 0.3) is 5.32 Å². The number of pyridine rings is 1. The summed E-state index contributed by atoms with van der Waals surface area (Å²) in [5.41, 5.74) is 0.928. The van der Waals surface area contributed by atoms with Crippen molar-refractivity contribution in [2.45, 2.75) is 25.7 Å². The first kappa shape index (κ1) is 24.2. The number of hydrogen-bond donors (Lipinski definition) is 0. The van der Waals surface area contributed by atoms with Crippen LogP contribution in [0, 0.1) is 6.07 Å². The molecule has 4 nitrogen and oxygen atoms in total. The summed E-state index contributed by atoms with van der Waals surface area (Å²) < 4.78 is 5.77. The average molecular weight is 815 g/mol. The van der Waals surface area contributed by atoms with Gasteiger partial charge in [-0.2, -0.15) is 0 Å². The van der Waals surface area contributed by atoms with Crippen molar-refractivity contribution in [2.75, 3.05) is 31.3 Å². The summed E-state index contributed by atoms with van der Waals surface area (Å²) in [6.07, 6.45) is 1.69. The molecule has 0 aromatic carbocycles. The zero-order valence-electron chi connectivity index (χ0n) is 12.7. The molecule has 118 valence electrons. The molecule has 1 aromatic heterocycles. The molecule has 1 aromatic rings. The van der Waals surface area contributed by atoms with E-state index in [0.29, 0.717) is 6.73 Å². The second kappa shape index (κ2) is 11.5. The normalized spacial score (nSPS) is 13.0. The first-order valence-electron chi connectivity index (χ1n) is 6.42. The Morgan fingerprint density at radius 1 is 1.33 bits per heavy atom. The molecule has 0 amide bonds. The number of fused-ring (bicyclic) bond motifs is 1. The number of rotatable bonds is 5. The van der Waals surface area contributed by atoms with Gasteiger partial charge in [0.05, 0.1) is 0 Å². The van der Waals surface area contributed by atoms with Gasteiger partial charge in [0.1, 0.15) is 6.73 Å². The van der Waals surface area contributed by atoms with E-state index in [0.717, 1.165) is 31.2 Å². The molecule has 2 rings (SSSR count). The molecule has 0 radical (unpaired) electrons. The van der Waals surface area contributed by atoms with Crippen molar-refractivity contribution < 1.29 is 67.9 Å². The minimum Gasteiger partial charge on any atom is -0.766 e. The summed E-state index contributed by atoms with van der Waals surface area (Å²) in [6.45, 7) is 10.2. The maximum absolute atomic E-state index is 5.77. The van der Waals surface area contributed by atoms with E-state index in [1.54, 1.807) is 6.20 Å². The molecular weight excluding hydrogens is 794 g/mol. The number of anilines is 1. The van der Waals surface area contributed by atoms with Crippen molar-refractivity contribution in [1.29, 1.82) is 0 Å². The molecule has 21 heavy (non-hydrogen) atoms. The van der Waals surface area contributed by atoms with Crippen LogP contribution in [0.15, 0.2) is 12.3 Å². The first-order chi connectivity index (χ1) is 8.56. The molecule has 0 atom stereocenters. The summed E-state index contributed by atoms with van der Waals surface area (Å²) in [6, 6.07) is 6.05. The van der Waals surface area contributed by atoms with Gasteiger partial charge in [-0.15, -0.1) is 6.54 Å². The largest absolute Gasteiger partial charge is 0.766 e. The van der Waals surface area contributed by atoms with Gasteiger partial charge in [-0.3, -0.25) is 10.7 Å². The maximum atomic E-state index is 5.77. The van der Waals surface area contributed by atoms with Crippen molar-refractivity contribution in [2.24, 2.45) is 0 Å². The van der Waals surface area contributed by atoms with E-state index in [4.69, 9.17) is 4.74 Å². The summed E-state index contributed by atoms with van der Waals surface area (Å²) in [5.74, 6) is 0.924. The minimum absolute atomic E-state index is 0. The second-order valence-electron chi connectivity index (χ2n) is 5.77. The Balaban J connectivity index is 0. The number of hydrogen-bond acceptors (Lipinski definition) is 3. The molecule has 0 spiro atoms. The van der Waals surface area contributed by atoms with Crippen LogP contribution < -0.4 is 4.90 Å². The van der Waals surface area contributed by atoms with Gasteiger partial charge in [0.25, 0.3) is 0 Å². The molecule has 0 N–H and O–H groups in total. The Morgan fingerprint density at radius 2 is 2.05 bits per heavy atom. The Hall–Kier alpha value is 0.992. The number of nitrogens with zero attached hydrogens (tertiary/aromatic N) is 3. The molecule has 8 heteroatoms. The molecule has 1 aliphatic rings. The van der Waals surface area contributed by atoms with Crippen LogP contribution in [-0.4, -0.2) is 39.5 Å². The zero-order valence-corrected chi connectivity index (χ0v) is 22.5. The summed E-state index contributed by atoms with van der Waals surface area (Å²) in [7, 11) is -0.998. The van der Waals surface area contributed by atoms with Gasteiger partial charge >= 0.3 is 0 Å². The molecule has 2 heterocycles.